The summed E-state index contributed by atoms with van der Waals surface area (Å²) in [5, 5.41) is 4.52. The first-order chi connectivity index (χ1) is 13.0. The molecule has 3 rings (SSSR count). The fraction of sp³-hybridized carbons (Fsp3) is 0.632. The maximum Gasteiger partial charge on any atom is 0.433 e. The fourth-order valence-corrected chi connectivity index (χ4v) is 3.30. The van der Waals surface area contributed by atoms with Crippen LogP contribution in [0.5, 0.6) is 0 Å². The van der Waals surface area contributed by atoms with Crippen molar-refractivity contribution in [1.29, 1.82) is 0 Å². The summed E-state index contributed by atoms with van der Waals surface area (Å²) in [6.45, 7) is 8.82. The lowest BCUT2D eigenvalue weighted by Gasteiger charge is -2.32. The van der Waals surface area contributed by atoms with Gasteiger partial charge in [-0.15, -0.1) is 0 Å². The SMILES string of the molecule is CCOC(=O)C1CCN(c2cc(C(F)(F)F)nc3cc(C(C)(C)C)nn23)CC1. The standard InChI is InChI=1S/C19H25F3N4O2/c1-5-28-17(27)12-6-8-25(9-7-12)16-11-14(19(20,21)22)23-15-10-13(18(2,3)4)24-26(15)16/h10-12H,5-9H2,1-4H3. The second kappa shape index (κ2) is 7.25. The lowest BCUT2D eigenvalue weighted by molar-refractivity contribution is -0.148. The number of alkyl halides is 3. The van der Waals surface area contributed by atoms with Gasteiger partial charge < -0.3 is 9.64 Å². The van der Waals surface area contributed by atoms with E-state index in [1.165, 1.54) is 4.52 Å². The van der Waals surface area contributed by atoms with Gasteiger partial charge in [0.15, 0.2) is 11.3 Å². The van der Waals surface area contributed by atoms with E-state index in [4.69, 9.17) is 4.74 Å². The molecule has 9 heteroatoms. The summed E-state index contributed by atoms with van der Waals surface area (Å²) >= 11 is 0. The monoisotopic (exact) mass is 398 g/mol. The molecule has 0 atom stereocenters. The molecule has 28 heavy (non-hydrogen) atoms. The summed E-state index contributed by atoms with van der Waals surface area (Å²) in [5.74, 6) is -0.124. The number of ether oxygens (including phenoxy) is 1. The maximum absolute atomic E-state index is 13.4. The molecule has 2 aromatic rings. The number of piperidine rings is 1. The largest absolute Gasteiger partial charge is 0.466 e. The molecule has 0 saturated carbocycles. The van der Waals surface area contributed by atoms with Crippen molar-refractivity contribution in [1.82, 2.24) is 14.6 Å². The zero-order valence-electron chi connectivity index (χ0n) is 16.5. The second-order valence-corrected chi connectivity index (χ2v) is 8.06. The molecule has 1 fully saturated rings. The van der Waals surface area contributed by atoms with Crippen molar-refractivity contribution in [3.63, 3.8) is 0 Å². The molecular formula is C19H25F3N4O2. The van der Waals surface area contributed by atoms with Crippen LogP contribution in [0.2, 0.25) is 0 Å². The van der Waals surface area contributed by atoms with Crippen molar-refractivity contribution in [2.75, 3.05) is 24.6 Å². The number of hydrogen-bond acceptors (Lipinski definition) is 5. The highest BCUT2D eigenvalue weighted by Gasteiger charge is 2.36. The van der Waals surface area contributed by atoms with Crippen LogP contribution in [0.15, 0.2) is 12.1 Å². The molecule has 0 radical (unpaired) electrons. The minimum Gasteiger partial charge on any atom is -0.466 e. The molecule has 0 amide bonds. The molecule has 0 N–H and O–H groups in total. The van der Waals surface area contributed by atoms with E-state index < -0.39 is 11.9 Å². The molecule has 2 aromatic heterocycles. The Kier molecular flexibility index (Phi) is 5.29. The Bertz CT molecular complexity index is 862. The summed E-state index contributed by atoms with van der Waals surface area (Å²) in [5.41, 5.74) is -0.424. The van der Waals surface area contributed by atoms with Crippen LogP contribution in [0.1, 0.15) is 51.9 Å². The molecule has 3 heterocycles. The Morgan fingerprint density at radius 1 is 1.18 bits per heavy atom. The molecule has 1 aliphatic heterocycles. The average Bonchev–Trinajstić information content (AvgIpc) is 3.05. The number of carbonyl (C=O) groups excluding carboxylic acids is 1. The van der Waals surface area contributed by atoms with E-state index in [1.807, 2.05) is 25.7 Å². The van der Waals surface area contributed by atoms with Crippen LogP contribution in [0.3, 0.4) is 0 Å². The Labute approximate surface area is 161 Å². The number of halogens is 3. The maximum atomic E-state index is 13.4. The molecule has 0 unspecified atom stereocenters. The molecule has 1 aliphatic rings. The predicted molar refractivity (Wildman–Crippen MR) is 98.3 cm³/mol. The van der Waals surface area contributed by atoms with Gasteiger partial charge in [0.25, 0.3) is 0 Å². The lowest BCUT2D eigenvalue weighted by atomic mass is 9.93. The summed E-state index contributed by atoms with van der Waals surface area (Å²) in [6, 6.07) is 2.64. The van der Waals surface area contributed by atoms with Gasteiger partial charge in [-0.1, -0.05) is 20.8 Å². The third-order valence-electron chi connectivity index (χ3n) is 4.91. The Hall–Kier alpha value is -2.32. The molecule has 0 aromatic carbocycles. The summed E-state index contributed by atoms with van der Waals surface area (Å²) in [6.07, 6.45) is -3.50. The summed E-state index contributed by atoms with van der Waals surface area (Å²) in [7, 11) is 0. The Balaban J connectivity index is 1.97. The van der Waals surface area contributed by atoms with Crippen LogP contribution in [-0.2, 0) is 21.1 Å². The minimum absolute atomic E-state index is 0.169. The van der Waals surface area contributed by atoms with Gasteiger partial charge in [0.2, 0.25) is 0 Å². The van der Waals surface area contributed by atoms with Gasteiger partial charge >= 0.3 is 12.1 Å². The zero-order chi connectivity index (χ0) is 20.7. The van der Waals surface area contributed by atoms with Gasteiger partial charge in [-0.2, -0.15) is 22.8 Å². The third-order valence-corrected chi connectivity index (χ3v) is 4.91. The van der Waals surface area contributed by atoms with Crippen molar-refractivity contribution < 1.29 is 22.7 Å². The summed E-state index contributed by atoms with van der Waals surface area (Å²) in [4.78, 5) is 17.5. The van der Waals surface area contributed by atoms with E-state index in [2.05, 4.69) is 10.1 Å². The first-order valence-corrected chi connectivity index (χ1v) is 9.40. The number of rotatable bonds is 3. The highest BCUT2D eigenvalue weighted by atomic mass is 19.4. The van der Waals surface area contributed by atoms with E-state index in [-0.39, 0.29) is 22.9 Å². The normalized spacial score (nSPS) is 16.6. The molecule has 0 aliphatic carbocycles. The number of anilines is 1. The van der Waals surface area contributed by atoms with Crippen LogP contribution in [-0.4, -0.2) is 40.3 Å². The van der Waals surface area contributed by atoms with Crippen LogP contribution in [0.4, 0.5) is 19.0 Å². The van der Waals surface area contributed by atoms with E-state index >= 15 is 0 Å². The van der Waals surface area contributed by atoms with Crippen molar-refractivity contribution in [2.45, 2.75) is 52.1 Å². The van der Waals surface area contributed by atoms with Gasteiger partial charge in [-0.05, 0) is 19.8 Å². The first-order valence-electron chi connectivity index (χ1n) is 9.40. The van der Waals surface area contributed by atoms with E-state index in [1.54, 1.807) is 13.0 Å². The quantitative estimate of drug-likeness (QED) is 0.736. The first kappa shape index (κ1) is 20.4. The third kappa shape index (κ3) is 4.07. The van der Waals surface area contributed by atoms with E-state index in [0.717, 1.165) is 6.07 Å². The van der Waals surface area contributed by atoms with Crippen LogP contribution >= 0.6 is 0 Å². The number of carbonyl (C=O) groups is 1. The smallest absolute Gasteiger partial charge is 0.433 e. The Morgan fingerprint density at radius 2 is 1.82 bits per heavy atom. The van der Waals surface area contributed by atoms with Gasteiger partial charge in [-0.25, -0.2) is 4.98 Å². The zero-order valence-corrected chi connectivity index (χ0v) is 16.5. The van der Waals surface area contributed by atoms with Crippen LogP contribution in [0, 0.1) is 5.92 Å². The average molecular weight is 398 g/mol. The van der Waals surface area contributed by atoms with Gasteiger partial charge in [0, 0.05) is 30.6 Å². The number of nitrogens with zero attached hydrogens (tertiary/aromatic N) is 4. The molecule has 1 saturated heterocycles. The van der Waals surface area contributed by atoms with Crippen LogP contribution in [0.25, 0.3) is 5.65 Å². The number of aromatic nitrogens is 3. The van der Waals surface area contributed by atoms with Gasteiger partial charge in [-0.3, -0.25) is 4.79 Å². The lowest BCUT2D eigenvalue weighted by Crippen LogP contribution is -2.38. The number of hydrogen-bond donors (Lipinski definition) is 0. The van der Waals surface area contributed by atoms with E-state index in [9.17, 15) is 18.0 Å². The molecule has 0 bridgehead atoms. The number of esters is 1. The number of fused-ring (bicyclic) bond motifs is 1. The topological polar surface area (TPSA) is 59.7 Å². The van der Waals surface area contributed by atoms with Crippen molar-refractivity contribution >= 4 is 17.4 Å². The predicted octanol–water partition coefficient (Wildman–Crippen LogP) is 3.83. The summed E-state index contributed by atoms with van der Waals surface area (Å²) < 4.78 is 46.7. The van der Waals surface area contributed by atoms with Crippen molar-refractivity contribution in [3.05, 3.63) is 23.5 Å². The van der Waals surface area contributed by atoms with Gasteiger partial charge in [0.05, 0.1) is 18.2 Å². The molecule has 154 valence electrons. The highest BCUT2D eigenvalue weighted by molar-refractivity contribution is 5.72. The minimum atomic E-state index is -4.55. The molecule has 0 spiro atoms. The van der Waals surface area contributed by atoms with Crippen molar-refractivity contribution in [2.24, 2.45) is 5.92 Å². The fourth-order valence-electron chi connectivity index (χ4n) is 3.30. The highest BCUT2D eigenvalue weighted by Crippen LogP contribution is 2.33. The molecular weight excluding hydrogens is 373 g/mol. The Morgan fingerprint density at radius 3 is 2.36 bits per heavy atom. The van der Waals surface area contributed by atoms with Gasteiger partial charge in [0.1, 0.15) is 5.82 Å². The molecule has 6 nitrogen and oxygen atoms in total. The van der Waals surface area contributed by atoms with Crippen molar-refractivity contribution in [3.8, 4) is 0 Å². The van der Waals surface area contributed by atoms with Crippen LogP contribution < -0.4 is 4.90 Å². The second-order valence-electron chi connectivity index (χ2n) is 8.06. The van der Waals surface area contributed by atoms with E-state index in [0.29, 0.717) is 44.0 Å².